The normalized spacial score (nSPS) is 17.5. The number of rotatable bonds is 4. The summed E-state index contributed by atoms with van der Waals surface area (Å²) in [4.78, 5) is 12.4. The number of benzene rings is 1. The molecule has 1 aromatic heterocycles. The van der Waals surface area contributed by atoms with Gasteiger partial charge in [-0.3, -0.25) is 4.79 Å². The molecule has 0 spiro atoms. The predicted octanol–water partition coefficient (Wildman–Crippen LogP) is 1.42. The summed E-state index contributed by atoms with van der Waals surface area (Å²) in [5.41, 5.74) is 1.76. The Kier molecular flexibility index (Phi) is 3.00. The molecule has 0 radical (unpaired) electrons. The lowest BCUT2D eigenvalue weighted by atomic mass is 9.95. The zero-order valence-electron chi connectivity index (χ0n) is 11.6. The zero-order chi connectivity index (χ0) is 14.2. The summed E-state index contributed by atoms with van der Waals surface area (Å²) in [7, 11) is 0. The molecule has 6 nitrogen and oxygen atoms in total. The minimum atomic E-state index is -0.416. The Morgan fingerprint density at radius 1 is 1.40 bits per heavy atom. The minimum absolute atomic E-state index is 0.00148. The van der Waals surface area contributed by atoms with Crippen LogP contribution in [0.2, 0.25) is 0 Å². The summed E-state index contributed by atoms with van der Waals surface area (Å²) in [5, 5.41) is 17.1. The highest BCUT2D eigenvalue weighted by Crippen LogP contribution is 2.43. The molecular weight excluding hydrogens is 254 g/mol. The highest BCUT2D eigenvalue weighted by atomic mass is 16.2. The molecule has 1 atom stereocenters. The second kappa shape index (κ2) is 4.70. The second-order valence-corrected chi connectivity index (χ2v) is 5.39. The van der Waals surface area contributed by atoms with Crippen LogP contribution in [0.5, 0.6) is 0 Å². The van der Waals surface area contributed by atoms with E-state index in [2.05, 4.69) is 25.9 Å². The monoisotopic (exact) mass is 271 g/mol. The van der Waals surface area contributed by atoms with E-state index in [1.54, 1.807) is 0 Å². The van der Waals surface area contributed by atoms with E-state index in [0.717, 1.165) is 24.0 Å². The Labute approximate surface area is 117 Å². The average molecular weight is 271 g/mol. The van der Waals surface area contributed by atoms with Crippen molar-refractivity contribution in [1.29, 1.82) is 0 Å². The van der Waals surface area contributed by atoms with Crippen LogP contribution in [0, 0.1) is 6.92 Å². The van der Waals surface area contributed by atoms with Crippen LogP contribution >= 0.6 is 0 Å². The Morgan fingerprint density at radius 3 is 2.75 bits per heavy atom. The number of carbonyl (C=O) groups is 1. The summed E-state index contributed by atoms with van der Waals surface area (Å²) < 4.78 is 0. The van der Waals surface area contributed by atoms with Gasteiger partial charge in [-0.25, -0.2) is 0 Å². The topological polar surface area (TPSA) is 83.6 Å². The maximum Gasteiger partial charge on any atom is 0.228 e. The van der Waals surface area contributed by atoms with Gasteiger partial charge in [0.2, 0.25) is 5.91 Å². The van der Waals surface area contributed by atoms with E-state index in [1.165, 1.54) is 0 Å². The molecule has 1 heterocycles. The second-order valence-electron chi connectivity index (χ2n) is 5.39. The third-order valence-electron chi connectivity index (χ3n) is 3.93. The SMILES string of the molecule is Cc1ccccc1C(C)C(=O)NC1(c2nn[nH]n2)CC1. The fourth-order valence-electron chi connectivity index (χ4n) is 2.45. The Morgan fingerprint density at radius 2 is 2.15 bits per heavy atom. The molecule has 1 aliphatic rings. The number of aromatic nitrogens is 4. The minimum Gasteiger partial charge on any atom is -0.343 e. The Hall–Kier alpha value is -2.24. The van der Waals surface area contributed by atoms with E-state index in [-0.39, 0.29) is 11.8 Å². The van der Waals surface area contributed by atoms with Crippen LogP contribution in [-0.2, 0) is 10.3 Å². The fourth-order valence-corrected chi connectivity index (χ4v) is 2.45. The average Bonchev–Trinajstić information content (AvgIpc) is 3.02. The molecule has 104 valence electrons. The summed E-state index contributed by atoms with van der Waals surface area (Å²) in [6.45, 7) is 3.94. The number of tetrazole rings is 1. The van der Waals surface area contributed by atoms with Gasteiger partial charge in [-0.1, -0.05) is 29.5 Å². The van der Waals surface area contributed by atoms with Crippen molar-refractivity contribution in [1.82, 2.24) is 25.9 Å². The van der Waals surface area contributed by atoms with E-state index < -0.39 is 5.54 Å². The van der Waals surface area contributed by atoms with Gasteiger partial charge in [-0.15, -0.1) is 10.2 Å². The number of hydrogen-bond donors (Lipinski definition) is 2. The van der Waals surface area contributed by atoms with Crippen LogP contribution in [0.3, 0.4) is 0 Å². The first-order chi connectivity index (χ1) is 9.62. The molecular formula is C14H17N5O. The van der Waals surface area contributed by atoms with E-state index in [9.17, 15) is 4.79 Å². The lowest BCUT2D eigenvalue weighted by Gasteiger charge is -2.19. The quantitative estimate of drug-likeness (QED) is 0.880. The molecule has 0 saturated heterocycles. The van der Waals surface area contributed by atoms with Crippen molar-refractivity contribution < 1.29 is 4.79 Å². The van der Waals surface area contributed by atoms with E-state index in [4.69, 9.17) is 0 Å². The van der Waals surface area contributed by atoms with Gasteiger partial charge in [-0.05, 0) is 37.8 Å². The highest BCUT2D eigenvalue weighted by molar-refractivity contribution is 5.84. The first-order valence-corrected chi connectivity index (χ1v) is 6.74. The molecule has 1 fully saturated rings. The summed E-state index contributed by atoms with van der Waals surface area (Å²) >= 11 is 0. The zero-order valence-corrected chi connectivity index (χ0v) is 11.6. The van der Waals surface area contributed by atoms with Gasteiger partial charge in [0.1, 0.15) is 5.54 Å². The number of nitrogens with one attached hydrogen (secondary N) is 2. The number of H-pyrrole nitrogens is 1. The van der Waals surface area contributed by atoms with Gasteiger partial charge in [0, 0.05) is 0 Å². The fraction of sp³-hybridized carbons (Fsp3) is 0.429. The molecule has 1 saturated carbocycles. The summed E-state index contributed by atoms with van der Waals surface area (Å²) in [6, 6.07) is 7.95. The first-order valence-electron chi connectivity index (χ1n) is 6.74. The molecule has 1 aliphatic carbocycles. The Balaban J connectivity index is 1.76. The van der Waals surface area contributed by atoms with Crippen molar-refractivity contribution in [2.75, 3.05) is 0 Å². The van der Waals surface area contributed by atoms with Crippen LogP contribution in [0.4, 0.5) is 0 Å². The molecule has 0 aliphatic heterocycles. The van der Waals surface area contributed by atoms with Crippen molar-refractivity contribution in [2.24, 2.45) is 0 Å². The van der Waals surface area contributed by atoms with Crippen LogP contribution < -0.4 is 5.32 Å². The molecule has 6 heteroatoms. The first kappa shape index (κ1) is 12.8. The number of hydrogen-bond acceptors (Lipinski definition) is 4. The van der Waals surface area contributed by atoms with Gasteiger partial charge < -0.3 is 5.32 Å². The van der Waals surface area contributed by atoms with Gasteiger partial charge in [0.05, 0.1) is 5.92 Å². The number of aryl methyl sites for hydroxylation is 1. The van der Waals surface area contributed by atoms with Crippen molar-refractivity contribution in [3.63, 3.8) is 0 Å². The molecule has 20 heavy (non-hydrogen) atoms. The Bertz CT molecular complexity index is 618. The van der Waals surface area contributed by atoms with E-state index in [1.807, 2.05) is 38.1 Å². The van der Waals surface area contributed by atoms with Crippen molar-refractivity contribution in [3.8, 4) is 0 Å². The summed E-state index contributed by atoms with van der Waals surface area (Å²) in [6.07, 6.45) is 1.72. The van der Waals surface area contributed by atoms with Gasteiger partial charge in [-0.2, -0.15) is 5.21 Å². The van der Waals surface area contributed by atoms with Gasteiger partial charge in [0.25, 0.3) is 0 Å². The van der Waals surface area contributed by atoms with Crippen molar-refractivity contribution >= 4 is 5.91 Å². The van der Waals surface area contributed by atoms with Crippen LogP contribution in [0.1, 0.15) is 42.6 Å². The number of aromatic amines is 1. The molecule has 3 rings (SSSR count). The van der Waals surface area contributed by atoms with E-state index in [0.29, 0.717) is 5.82 Å². The van der Waals surface area contributed by atoms with Crippen molar-refractivity contribution in [3.05, 3.63) is 41.2 Å². The van der Waals surface area contributed by atoms with Crippen LogP contribution in [0.25, 0.3) is 0 Å². The third kappa shape index (κ3) is 2.17. The van der Waals surface area contributed by atoms with Crippen LogP contribution in [0.15, 0.2) is 24.3 Å². The lowest BCUT2D eigenvalue weighted by Crippen LogP contribution is -2.38. The molecule has 1 aromatic carbocycles. The molecule has 1 unspecified atom stereocenters. The maximum atomic E-state index is 12.4. The van der Waals surface area contributed by atoms with E-state index >= 15 is 0 Å². The molecule has 1 amide bonds. The number of carbonyl (C=O) groups excluding carboxylic acids is 1. The highest BCUT2D eigenvalue weighted by Gasteiger charge is 2.50. The molecule has 2 N–H and O–H groups in total. The third-order valence-corrected chi connectivity index (χ3v) is 3.93. The van der Waals surface area contributed by atoms with Crippen molar-refractivity contribution in [2.45, 2.75) is 38.1 Å². The number of nitrogens with zero attached hydrogens (tertiary/aromatic N) is 3. The smallest absolute Gasteiger partial charge is 0.228 e. The molecule has 2 aromatic rings. The van der Waals surface area contributed by atoms with Gasteiger partial charge >= 0.3 is 0 Å². The predicted molar refractivity (Wildman–Crippen MR) is 72.8 cm³/mol. The number of amides is 1. The van der Waals surface area contributed by atoms with Crippen LogP contribution in [-0.4, -0.2) is 26.5 Å². The standard InChI is InChI=1S/C14H17N5O/c1-9-5-3-4-6-11(9)10(2)12(20)15-14(7-8-14)13-16-18-19-17-13/h3-6,10H,7-8H2,1-2H3,(H,15,20)(H,16,17,18,19). The summed E-state index contributed by atoms with van der Waals surface area (Å²) in [5.74, 6) is 0.380. The molecule has 0 bridgehead atoms. The van der Waals surface area contributed by atoms with Gasteiger partial charge in [0.15, 0.2) is 5.82 Å². The largest absolute Gasteiger partial charge is 0.343 e. The maximum absolute atomic E-state index is 12.4. The lowest BCUT2D eigenvalue weighted by molar-refractivity contribution is -0.123.